The highest BCUT2D eigenvalue weighted by Crippen LogP contribution is 2.72. The van der Waals surface area contributed by atoms with Crippen LogP contribution in [-0.2, 0) is 21.7 Å². The second-order valence-corrected chi connectivity index (χ2v) is 35.3. The zero-order valence-corrected chi connectivity index (χ0v) is 68.4. The molecule has 3 nitrogen and oxygen atoms in total. The van der Waals surface area contributed by atoms with Crippen molar-refractivity contribution in [3.05, 3.63) is 327 Å². The van der Waals surface area contributed by atoms with Crippen molar-refractivity contribution in [1.29, 1.82) is 0 Å². The number of hydrogen-bond acceptors (Lipinski definition) is 3. The van der Waals surface area contributed by atoms with Gasteiger partial charge in [-0.3, -0.25) is 0 Å². The average Bonchev–Trinajstić information content (AvgIpc) is 1.49. The summed E-state index contributed by atoms with van der Waals surface area (Å²) < 4.78 is 14.7. The molecule has 21 rings (SSSR count). The Morgan fingerprint density at radius 1 is 0.270 bits per heavy atom. The maximum atomic E-state index is 7.75. The fraction of sp³-hybridized carbons (Fsp3) is 0.304. The van der Waals surface area contributed by atoms with Gasteiger partial charge >= 0.3 is 0 Å². The summed E-state index contributed by atoms with van der Waals surface area (Å²) in [5.74, 6) is 0. The molecule has 2 aromatic heterocycles. The van der Waals surface area contributed by atoms with Crippen LogP contribution in [0.15, 0.2) is 258 Å². The SMILES string of the molecule is CCCCCCCC1(CCCCCCC)c2cc(N(c3ccc4c(c3)C3(c5ccccc5-c5ccccc53)c3cc5c(cc3-4)C3(c4ccccc4-c4ccccc43)c3ccc4oc6ccccc6c4c3-5)c3ccc(C)cc3C)ccc2-c2c1c1c(c3c2oc2ccccc23)-c2ccccc2C1(CCCCCCC)CCCCCCC. The van der Waals surface area contributed by atoms with Gasteiger partial charge in [0.2, 0.25) is 0 Å². The van der Waals surface area contributed by atoms with Gasteiger partial charge in [-0.05, 0) is 234 Å². The average molecular weight is 1500 g/mol. The minimum atomic E-state index is -0.691. The molecule has 3 heteroatoms. The second kappa shape index (κ2) is 28.6. The van der Waals surface area contributed by atoms with Gasteiger partial charge in [-0.1, -0.05) is 350 Å². The molecule has 0 atom stereocenters. The van der Waals surface area contributed by atoms with Gasteiger partial charge in [-0.15, -0.1) is 0 Å². The Kier molecular flexibility index (Phi) is 17.9. The minimum Gasteiger partial charge on any atom is -0.456 e. The number of benzene rings is 13. The number of fused-ring (bicyclic) bond motifs is 36. The van der Waals surface area contributed by atoms with Crippen molar-refractivity contribution in [2.45, 2.75) is 217 Å². The van der Waals surface area contributed by atoms with E-state index >= 15 is 0 Å². The Hall–Kier alpha value is -10.7. The van der Waals surface area contributed by atoms with E-state index in [-0.39, 0.29) is 10.8 Å². The summed E-state index contributed by atoms with van der Waals surface area (Å²) in [5, 5.41) is 4.93. The van der Waals surface area contributed by atoms with Gasteiger partial charge in [0.05, 0.1) is 10.8 Å². The predicted molar refractivity (Wildman–Crippen MR) is 484 cm³/mol. The molecule has 0 saturated heterocycles. The van der Waals surface area contributed by atoms with E-state index in [1.807, 2.05) is 0 Å². The molecular formula is C112H107NO2. The van der Waals surface area contributed by atoms with E-state index in [2.05, 4.69) is 295 Å². The third-order valence-corrected chi connectivity index (χ3v) is 29.0. The Bertz CT molecular complexity index is 6260. The van der Waals surface area contributed by atoms with Crippen LogP contribution in [0.2, 0.25) is 0 Å². The quantitative estimate of drug-likeness (QED) is 0.0481. The zero-order valence-electron chi connectivity index (χ0n) is 68.4. The molecule has 0 saturated carbocycles. The van der Waals surface area contributed by atoms with E-state index in [1.54, 1.807) is 16.7 Å². The maximum absolute atomic E-state index is 7.75. The summed E-state index contributed by atoms with van der Waals surface area (Å²) >= 11 is 0. The summed E-state index contributed by atoms with van der Waals surface area (Å²) in [5.41, 5.74) is 41.4. The van der Waals surface area contributed by atoms with Crippen LogP contribution in [0.4, 0.5) is 17.1 Å². The van der Waals surface area contributed by atoms with Crippen LogP contribution in [0.3, 0.4) is 0 Å². The largest absolute Gasteiger partial charge is 0.456 e. The molecule has 6 aliphatic rings. The molecule has 572 valence electrons. The number of aryl methyl sites for hydroxylation is 2. The molecule has 15 aromatic rings. The lowest BCUT2D eigenvalue weighted by Crippen LogP contribution is -2.33. The lowest BCUT2D eigenvalue weighted by Gasteiger charge is -2.40. The molecule has 115 heavy (non-hydrogen) atoms. The monoisotopic (exact) mass is 1500 g/mol. The number of unbranched alkanes of at least 4 members (excludes halogenated alkanes) is 16. The normalized spacial score (nSPS) is 14.9. The number of furan rings is 2. The lowest BCUT2D eigenvalue weighted by atomic mass is 9.62. The van der Waals surface area contributed by atoms with E-state index < -0.39 is 10.8 Å². The molecule has 0 amide bonds. The van der Waals surface area contributed by atoms with Crippen molar-refractivity contribution in [2.24, 2.45) is 0 Å². The fourth-order valence-corrected chi connectivity index (χ4v) is 24.2. The summed E-state index contributed by atoms with van der Waals surface area (Å²) in [6, 6.07) is 98.3. The first-order chi connectivity index (χ1) is 56.7. The number of hydrogen-bond donors (Lipinski definition) is 0. The summed E-state index contributed by atoms with van der Waals surface area (Å²) in [7, 11) is 0. The van der Waals surface area contributed by atoms with E-state index in [4.69, 9.17) is 8.83 Å². The first-order valence-corrected chi connectivity index (χ1v) is 44.6. The second-order valence-electron chi connectivity index (χ2n) is 35.3. The van der Waals surface area contributed by atoms with Crippen molar-refractivity contribution in [1.82, 2.24) is 0 Å². The molecule has 2 heterocycles. The van der Waals surface area contributed by atoms with E-state index in [0.29, 0.717) is 0 Å². The van der Waals surface area contributed by atoms with Crippen molar-refractivity contribution in [3.63, 3.8) is 0 Å². The van der Waals surface area contributed by atoms with Crippen molar-refractivity contribution < 1.29 is 8.83 Å². The van der Waals surface area contributed by atoms with Crippen LogP contribution < -0.4 is 4.90 Å². The lowest BCUT2D eigenvalue weighted by molar-refractivity contribution is 0.369. The van der Waals surface area contributed by atoms with E-state index in [0.717, 1.165) is 53.4 Å². The Morgan fingerprint density at radius 3 is 1.23 bits per heavy atom. The van der Waals surface area contributed by atoms with Crippen LogP contribution in [0.25, 0.3) is 111 Å². The van der Waals surface area contributed by atoms with E-state index in [1.165, 1.54) is 290 Å². The van der Waals surface area contributed by atoms with Gasteiger partial charge in [-0.25, -0.2) is 0 Å². The van der Waals surface area contributed by atoms with Crippen LogP contribution in [0.5, 0.6) is 0 Å². The molecule has 0 radical (unpaired) electrons. The van der Waals surface area contributed by atoms with Gasteiger partial charge < -0.3 is 13.7 Å². The fourth-order valence-electron chi connectivity index (χ4n) is 24.2. The maximum Gasteiger partial charge on any atom is 0.144 e. The molecule has 0 aliphatic heterocycles. The first-order valence-electron chi connectivity index (χ1n) is 44.6. The number of para-hydroxylation sites is 2. The Balaban J connectivity index is 0.830. The molecule has 0 N–H and O–H groups in total. The van der Waals surface area contributed by atoms with E-state index in [9.17, 15) is 0 Å². The van der Waals surface area contributed by atoms with Gasteiger partial charge in [0.1, 0.15) is 22.3 Å². The van der Waals surface area contributed by atoms with Crippen LogP contribution in [0.1, 0.15) is 260 Å². The summed E-state index contributed by atoms with van der Waals surface area (Å²) in [4.78, 5) is 2.71. The molecule has 2 spiro atoms. The third-order valence-electron chi connectivity index (χ3n) is 29.0. The highest BCUT2D eigenvalue weighted by atomic mass is 16.3. The van der Waals surface area contributed by atoms with Crippen molar-refractivity contribution >= 4 is 60.9 Å². The molecule has 0 fully saturated rings. The number of rotatable bonds is 27. The highest BCUT2D eigenvalue weighted by Gasteiger charge is 2.59. The number of nitrogens with zero attached hydrogens (tertiary/aromatic N) is 1. The summed E-state index contributed by atoms with van der Waals surface area (Å²) in [6.07, 6.45) is 29.5. The van der Waals surface area contributed by atoms with Gasteiger partial charge in [0.25, 0.3) is 0 Å². The summed E-state index contributed by atoms with van der Waals surface area (Å²) in [6.45, 7) is 14.1. The third kappa shape index (κ3) is 10.5. The zero-order chi connectivity index (χ0) is 77.3. The number of anilines is 3. The van der Waals surface area contributed by atoms with Crippen LogP contribution in [-0.4, -0.2) is 0 Å². The molecule has 0 unspecified atom stereocenters. The highest BCUT2D eigenvalue weighted by molar-refractivity contribution is 6.22. The Morgan fingerprint density at radius 2 is 0.678 bits per heavy atom. The molecule has 6 aliphatic carbocycles. The first kappa shape index (κ1) is 72.0. The molecule has 0 bridgehead atoms. The van der Waals surface area contributed by atoms with Gasteiger partial charge in [0, 0.05) is 55.0 Å². The minimum absolute atomic E-state index is 0.169. The van der Waals surface area contributed by atoms with Crippen LogP contribution >= 0.6 is 0 Å². The smallest absolute Gasteiger partial charge is 0.144 e. The standard InChI is InChI=1S/C112H107NO2/c1-7-11-15-19-37-63-109(64-38-20-16-12-8-2)87-48-30-27-45-81(87)103-104-84-47-29-36-54-99(84)115-108(104)105-82-59-57-74(68-93(82)110(107(105)106(103)109,65-39-21-17-13-9-3)66-40-22-18-14-10-4)113(97-61-55-72(5)67-73(97)6)75-56-58-80-85-70-96-86(71-95(85)112(94(80)69-75)90-51-33-25-43-78(90)79-44-26-34-52-91(79)112)101-92(60-62-100-102(101)83-46-28-35-53-98(83)114-100)111(96)88-49-31-23-41-76(88)77-42-24-32-50-89(77)111/h23-36,41-62,67-71H,7-22,37-40,63-66H2,1-6H3. The topological polar surface area (TPSA) is 29.5 Å². The van der Waals surface area contributed by atoms with Crippen LogP contribution in [0, 0.1) is 13.8 Å². The Labute approximate surface area is 680 Å². The molecule has 13 aromatic carbocycles. The predicted octanol–water partition coefficient (Wildman–Crippen LogP) is 32.2. The van der Waals surface area contributed by atoms with Crippen molar-refractivity contribution in [3.8, 4) is 66.8 Å². The van der Waals surface area contributed by atoms with Gasteiger partial charge in [-0.2, -0.15) is 0 Å². The molecular weight excluding hydrogens is 1390 g/mol. The van der Waals surface area contributed by atoms with Crippen molar-refractivity contribution in [2.75, 3.05) is 4.90 Å². The van der Waals surface area contributed by atoms with Gasteiger partial charge in [0.15, 0.2) is 0 Å².